The van der Waals surface area contributed by atoms with Crippen molar-refractivity contribution in [3.05, 3.63) is 23.3 Å². The summed E-state index contributed by atoms with van der Waals surface area (Å²) in [5, 5.41) is 19.5. The van der Waals surface area contributed by atoms with Gasteiger partial charge in [-0.2, -0.15) is 0 Å². The molecule has 0 amide bonds. The topological polar surface area (TPSA) is 40.5 Å². The fourth-order valence-electron chi connectivity index (χ4n) is 2.02. The second kappa shape index (κ2) is 7.21. The molecule has 17 heavy (non-hydrogen) atoms. The molecule has 0 radical (unpaired) electrons. The van der Waals surface area contributed by atoms with Crippen molar-refractivity contribution in [3.8, 4) is 11.5 Å². The van der Waals surface area contributed by atoms with Crippen molar-refractivity contribution in [2.45, 2.75) is 58.8 Å². The third kappa shape index (κ3) is 4.29. The van der Waals surface area contributed by atoms with Crippen LogP contribution in [0.5, 0.6) is 11.5 Å². The maximum atomic E-state index is 9.77. The van der Waals surface area contributed by atoms with Gasteiger partial charge in [0.25, 0.3) is 0 Å². The number of phenols is 2. The number of unbranched alkanes of at least 4 members (excludes halogenated alkanes) is 3. The third-order valence-electron chi connectivity index (χ3n) is 3.10. The van der Waals surface area contributed by atoms with Gasteiger partial charge in [-0.3, -0.25) is 0 Å². The largest absolute Gasteiger partial charge is 0.504 e. The van der Waals surface area contributed by atoms with E-state index in [9.17, 15) is 10.2 Å². The highest BCUT2D eigenvalue weighted by Gasteiger charge is 2.08. The Labute approximate surface area is 104 Å². The van der Waals surface area contributed by atoms with E-state index in [0.29, 0.717) is 0 Å². The lowest BCUT2D eigenvalue weighted by Gasteiger charge is -2.09. The minimum absolute atomic E-state index is 0.0325. The van der Waals surface area contributed by atoms with Gasteiger partial charge < -0.3 is 10.2 Å². The van der Waals surface area contributed by atoms with Crippen molar-refractivity contribution < 1.29 is 10.2 Å². The van der Waals surface area contributed by atoms with Crippen molar-refractivity contribution in [1.82, 2.24) is 0 Å². The summed E-state index contributed by atoms with van der Waals surface area (Å²) in [7, 11) is 0. The highest BCUT2D eigenvalue weighted by atomic mass is 16.3. The van der Waals surface area contributed by atoms with Crippen LogP contribution in [0.3, 0.4) is 0 Å². The van der Waals surface area contributed by atoms with Crippen LogP contribution in [0.1, 0.15) is 57.1 Å². The summed E-state index contributed by atoms with van der Waals surface area (Å²) in [5.74, 6) is 0.0998. The minimum Gasteiger partial charge on any atom is -0.504 e. The summed E-state index contributed by atoms with van der Waals surface area (Å²) in [6.07, 6.45) is 7.54. The van der Waals surface area contributed by atoms with Gasteiger partial charge in [0.05, 0.1) is 0 Å². The summed E-state index contributed by atoms with van der Waals surface area (Å²) < 4.78 is 0. The highest BCUT2D eigenvalue weighted by Crippen LogP contribution is 2.32. The van der Waals surface area contributed by atoms with Crippen LogP contribution in [0.2, 0.25) is 0 Å². The van der Waals surface area contributed by atoms with Crippen molar-refractivity contribution >= 4 is 0 Å². The van der Waals surface area contributed by atoms with Gasteiger partial charge in [-0.1, -0.05) is 39.2 Å². The molecule has 0 aliphatic rings. The van der Waals surface area contributed by atoms with Gasteiger partial charge in [0.2, 0.25) is 0 Å². The highest BCUT2D eigenvalue weighted by molar-refractivity contribution is 5.47. The molecule has 0 saturated heterocycles. The average Bonchev–Trinajstić information content (AvgIpc) is 2.32. The molecular formula is C15H24O2. The SMILES string of the molecule is CCCCCc1cc(O)c(O)c(CCCC)c1. The van der Waals surface area contributed by atoms with Gasteiger partial charge >= 0.3 is 0 Å². The maximum Gasteiger partial charge on any atom is 0.160 e. The van der Waals surface area contributed by atoms with Gasteiger partial charge in [-0.15, -0.1) is 0 Å². The molecule has 2 nitrogen and oxygen atoms in total. The van der Waals surface area contributed by atoms with Crippen LogP contribution in [0.4, 0.5) is 0 Å². The quantitative estimate of drug-likeness (QED) is 0.551. The smallest absolute Gasteiger partial charge is 0.160 e. The van der Waals surface area contributed by atoms with E-state index in [1.54, 1.807) is 6.07 Å². The van der Waals surface area contributed by atoms with Gasteiger partial charge in [-0.05, 0) is 42.9 Å². The van der Waals surface area contributed by atoms with Crippen LogP contribution < -0.4 is 0 Å². The first-order chi connectivity index (χ1) is 8.19. The summed E-state index contributed by atoms with van der Waals surface area (Å²) >= 11 is 0. The van der Waals surface area contributed by atoms with Gasteiger partial charge in [-0.25, -0.2) is 0 Å². The Morgan fingerprint density at radius 3 is 2.24 bits per heavy atom. The number of rotatable bonds is 7. The molecule has 2 N–H and O–H groups in total. The first-order valence-corrected chi connectivity index (χ1v) is 6.72. The second-order valence-corrected chi connectivity index (χ2v) is 4.68. The van der Waals surface area contributed by atoms with E-state index in [2.05, 4.69) is 13.8 Å². The molecule has 0 unspecified atom stereocenters. The number of hydrogen-bond donors (Lipinski definition) is 2. The van der Waals surface area contributed by atoms with Crippen LogP contribution in [0.15, 0.2) is 12.1 Å². The van der Waals surface area contributed by atoms with Crippen LogP contribution in [-0.2, 0) is 12.8 Å². The lowest BCUT2D eigenvalue weighted by atomic mass is 10.00. The normalized spacial score (nSPS) is 10.7. The van der Waals surface area contributed by atoms with Crippen molar-refractivity contribution in [2.24, 2.45) is 0 Å². The maximum absolute atomic E-state index is 9.77. The van der Waals surface area contributed by atoms with Crippen molar-refractivity contribution in [2.75, 3.05) is 0 Å². The molecule has 0 spiro atoms. The zero-order chi connectivity index (χ0) is 12.7. The first kappa shape index (κ1) is 13.9. The number of aryl methyl sites for hydroxylation is 2. The summed E-state index contributed by atoms with van der Waals surface area (Å²) in [6.45, 7) is 4.31. The summed E-state index contributed by atoms with van der Waals surface area (Å²) in [5.41, 5.74) is 2.03. The van der Waals surface area contributed by atoms with Gasteiger partial charge in [0.15, 0.2) is 11.5 Å². The molecule has 1 aromatic carbocycles. The molecule has 0 aliphatic carbocycles. The predicted octanol–water partition coefficient (Wildman–Crippen LogP) is 4.17. The molecule has 0 heterocycles. The van der Waals surface area contributed by atoms with Crippen LogP contribution >= 0.6 is 0 Å². The molecule has 0 bridgehead atoms. The number of benzene rings is 1. The molecule has 2 heteroatoms. The number of hydrogen-bond acceptors (Lipinski definition) is 2. The third-order valence-corrected chi connectivity index (χ3v) is 3.10. The molecule has 0 aliphatic heterocycles. The Kier molecular flexibility index (Phi) is 5.88. The monoisotopic (exact) mass is 236 g/mol. The number of phenolic OH excluding ortho intramolecular Hbond substituents is 2. The predicted molar refractivity (Wildman–Crippen MR) is 71.6 cm³/mol. The zero-order valence-corrected chi connectivity index (χ0v) is 11.0. The minimum atomic E-state index is 0.0325. The fourth-order valence-corrected chi connectivity index (χ4v) is 2.02. The van der Waals surface area contributed by atoms with E-state index in [4.69, 9.17) is 0 Å². The van der Waals surface area contributed by atoms with E-state index < -0.39 is 0 Å². The van der Waals surface area contributed by atoms with Crippen molar-refractivity contribution in [3.63, 3.8) is 0 Å². The van der Waals surface area contributed by atoms with Crippen molar-refractivity contribution in [1.29, 1.82) is 0 Å². The fraction of sp³-hybridized carbons (Fsp3) is 0.600. The van der Waals surface area contributed by atoms with E-state index in [-0.39, 0.29) is 11.5 Å². The second-order valence-electron chi connectivity index (χ2n) is 4.68. The number of aromatic hydroxyl groups is 2. The molecule has 96 valence electrons. The Morgan fingerprint density at radius 1 is 0.882 bits per heavy atom. The Bertz CT molecular complexity index is 345. The molecule has 0 aromatic heterocycles. The lowest BCUT2D eigenvalue weighted by molar-refractivity contribution is 0.398. The zero-order valence-electron chi connectivity index (χ0n) is 11.0. The Hall–Kier alpha value is -1.18. The van der Waals surface area contributed by atoms with Crippen LogP contribution in [-0.4, -0.2) is 10.2 Å². The molecular weight excluding hydrogens is 212 g/mol. The molecule has 0 fully saturated rings. The van der Waals surface area contributed by atoms with Crippen LogP contribution in [0.25, 0.3) is 0 Å². The summed E-state index contributed by atoms with van der Waals surface area (Å²) in [4.78, 5) is 0. The molecule has 1 aromatic rings. The van der Waals surface area contributed by atoms with E-state index >= 15 is 0 Å². The van der Waals surface area contributed by atoms with Crippen LogP contribution in [0, 0.1) is 0 Å². The van der Waals surface area contributed by atoms with E-state index in [0.717, 1.165) is 43.2 Å². The van der Waals surface area contributed by atoms with Gasteiger partial charge in [0.1, 0.15) is 0 Å². The Balaban J connectivity index is 2.74. The molecule has 0 saturated carbocycles. The first-order valence-electron chi connectivity index (χ1n) is 6.72. The van der Waals surface area contributed by atoms with E-state index in [1.165, 1.54) is 12.8 Å². The molecule has 0 atom stereocenters. The average molecular weight is 236 g/mol. The Morgan fingerprint density at radius 2 is 1.59 bits per heavy atom. The van der Waals surface area contributed by atoms with E-state index in [1.807, 2.05) is 6.07 Å². The summed E-state index contributed by atoms with van der Waals surface area (Å²) in [6, 6.07) is 3.74. The standard InChI is InChI=1S/C15H24O2/c1-3-5-7-8-12-10-13(9-6-4-2)15(17)14(16)11-12/h10-11,16-17H,3-9H2,1-2H3. The molecule has 1 rings (SSSR count). The lowest BCUT2D eigenvalue weighted by Crippen LogP contribution is -1.92. The van der Waals surface area contributed by atoms with Gasteiger partial charge in [0, 0.05) is 0 Å².